The first kappa shape index (κ1) is 24.2. The smallest absolute Gasteiger partial charge is 0.256 e. The molecule has 1 aliphatic heterocycles. The van der Waals surface area contributed by atoms with Gasteiger partial charge in [0.1, 0.15) is 0 Å². The minimum atomic E-state index is -0.0646. The second-order valence-electron chi connectivity index (χ2n) is 9.59. The summed E-state index contributed by atoms with van der Waals surface area (Å²) in [6, 6.07) is 15.0. The van der Waals surface area contributed by atoms with Crippen LogP contribution in [0.2, 0.25) is 0 Å². The highest BCUT2D eigenvalue weighted by Gasteiger charge is 2.28. The quantitative estimate of drug-likeness (QED) is 0.530. The topological polar surface area (TPSA) is 67.9 Å². The highest BCUT2D eigenvalue weighted by Crippen LogP contribution is 2.31. The van der Waals surface area contributed by atoms with Gasteiger partial charge in [-0.1, -0.05) is 50.2 Å². The third kappa shape index (κ3) is 5.77. The fraction of sp³-hybridized carbons (Fsp3) is 0.481. The standard InChI is InChI=1S/C27H37N5O2/c1-20(2)28-14-15-29-26(33)18-31(25-13-7-11-21-10-6-12-24(21)25)19-27(34)30(3)32-16-22-8-4-5-9-23(22)17-32/h4-5,7-9,11,13,20,28H,6,10,12,14-19H2,1-3H3,(H,29,33). The van der Waals surface area contributed by atoms with Crippen LogP contribution < -0.4 is 15.5 Å². The highest BCUT2D eigenvalue weighted by molar-refractivity contribution is 5.87. The van der Waals surface area contributed by atoms with Gasteiger partial charge in [-0.15, -0.1) is 0 Å². The number of anilines is 1. The van der Waals surface area contributed by atoms with Crippen LogP contribution in [0.4, 0.5) is 5.69 Å². The Bertz CT molecular complexity index is 997. The molecule has 1 heterocycles. The molecule has 0 radical (unpaired) electrons. The summed E-state index contributed by atoms with van der Waals surface area (Å²) in [6.07, 6.45) is 3.17. The number of carbonyl (C=O) groups is 2. The lowest BCUT2D eigenvalue weighted by atomic mass is 10.1. The van der Waals surface area contributed by atoms with Crippen molar-refractivity contribution in [3.63, 3.8) is 0 Å². The van der Waals surface area contributed by atoms with Crippen molar-refractivity contribution >= 4 is 17.5 Å². The number of benzene rings is 2. The van der Waals surface area contributed by atoms with E-state index in [1.54, 1.807) is 5.01 Å². The summed E-state index contributed by atoms with van der Waals surface area (Å²) in [6.45, 7) is 7.24. The van der Waals surface area contributed by atoms with Gasteiger partial charge >= 0.3 is 0 Å². The fourth-order valence-electron chi connectivity index (χ4n) is 4.86. The van der Waals surface area contributed by atoms with Crippen LogP contribution in [0.1, 0.15) is 42.5 Å². The molecule has 4 rings (SSSR count). The molecule has 1 aliphatic carbocycles. The molecule has 0 saturated carbocycles. The summed E-state index contributed by atoms with van der Waals surface area (Å²) in [4.78, 5) is 28.2. The van der Waals surface area contributed by atoms with Crippen molar-refractivity contribution < 1.29 is 9.59 Å². The molecule has 182 valence electrons. The summed E-state index contributed by atoms with van der Waals surface area (Å²) in [5.74, 6) is -0.0807. The first-order chi connectivity index (χ1) is 16.4. The van der Waals surface area contributed by atoms with Gasteiger partial charge in [0.15, 0.2) is 0 Å². The predicted molar refractivity (Wildman–Crippen MR) is 135 cm³/mol. The Kier molecular flexibility index (Phi) is 7.85. The molecule has 2 aliphatic rings. The molecule has 0 fully saturated rings. The Labute approximate surface area is 203 Å². The molecule has 0 atom stereocenters. The average molecular weight is 464 g/mol. The van der Waals surface area contributed by atoms with Crippen LogP contribution in [-0.2, 0) is 35.5 Å². The summed E-state index contributed by atoms with van der Waals surface area (Å²) >= 11 is 0. The number of likely N-dealkylation sites (N-methyl/N-ethyl adjacent to an activating group) is 1. The van der Waals surface area contributed by atoms with Crippen molar-refractivity contribution in [1.29, 1.82) is 0 Å². The Morgan fingerprint density at radius 1 is 0.941 bits per heavy atom. The second-order valence-corrected chi connectivity index (χ2v) is 9.59. The van der Waals surface area contributed by atoms with Gasteiger partial charge in [-0.3, -0.25) is 14.6 Å². The molecule has 2 amide bonds. The first-order valence-electron chi connectivity index (χ1n) is 12.4. The van der Waals surface area contributed by atoms with Crippen molar-refractivity contribution in [2.24, 2.45) is 0 Å². The van der Waals surface area contributed by atoms with E-state index in [0.717, 1.165) is 44.6 Å². The summed E-state index contributed by atoms with van der Waals surface area (Å²) in [7, 11) is 1.83. The number of hydrazine groups is 1. The predicted octanol–water partition coefficient (Wildman–Crippen LogP) is 2.49. The molecule has 2 aromatic carbocycles. The largest absolute Gasteiger partial charge is 0.353 e. The number of hydrogen-bond acceptors (Lipinski definition) is 5. The Balaban J connectivity index is 1.44. The van der Waals surface area contributed by atoms with Gasteiger partial charge in [0.05, 0.1) is 13.1 Å². The number of hydrogen-bond donors (Lipinski definition) is 2. The molecule has 34 heavy (non-hydrogen) atoms. The van der Waals surface area contributed by atoms with Gasteiger partial charge < -0.3 is 15.5 Å². The van der Waals surface area contributed by atoms with Crippen LogP contribution >= 0.6 is 0 Å². The van der Waals surface area contributed by atoms with Crippen molar-refractivity contribution in [3.05, 3.63) is 64.7 Å². The van der Waals surface area contributed by atoms with Gasteiger partial charge in [-0.05, 0) is 47.6 Å². The van der Waals surface area contributed by atoms with Crippen LogP contribution in [-0.4, -0.2) is 61.1 Å². The van der Waals surface area contributed by atoms with Gasteiger partial charge in [0, 0.05) is 45.0 Å². The molecule has 0 saturated heterocycles. The molecule has 7 heteroatoms. The number of rotatable bonds is 10. The number of nitrogens with one attached hydrogen (secondary N) is 2. The second kappa shape index (κ2) is 11.0. The lowest BCUT2D eigenvalue weighted by molar-refractivity contribution is -0.145. The Morgan fingerprint density at radius 3 is 2.35 bits per heavy atom. The zero-order valence-electron chi connectivity index (χ0n) is 20.6. The van der Waals surface area contributed by atoms with E-state index in [1.165, 1.54) is 22.3 Å². The van der Waals surface area contributed by atoms with E-state index in [4.69, 9.17) is 0 Å². The monoisotopic (exact) mass is 463 g/mol. The van der Waals surface area contributed by atoms with E-state index in [0.29, 0.717) is 12.6 Å². The maximum atomic E-state index is 13.4. The minimum Gasteiger partial charge on any atom is -0.353 e. The van der Waals surface area contributed by atoms with Gasteiger partial charge in [0.2, 0.25) is 5.91 Å². The van der Waals surface area contributed by atoms with Gasteiger partial charge in [-0.2, -0.15) is 0 Å². The van der Waals surface area contributed by atoms with Gasteiger partial charge in [0.25, 0.3) is 5.91 Å². The minimum absolute atomic E-state index is 0.0160. The maximum Gasteiger partial charge on any atom is 0.256 e. The van der Waals surface area contributed by atoms with Crippen molar-refractivity contribution in [2.45, 2.75) is 52.2 Å². The Morgan fingerprint density at radius 2 is 1.65 bits per heavy atom. The third-order valence-electron chi connectivity index (χ3n) is 6.73. The zero-order valence-corrected chi connectivity index (χ0v) is 20.6. The lowest BCUT2D eigenvalue weighted by Gasteiger charge is -2.32. The van der Waals surface area contributed by atoms with Crippen LogP contribution in [0.5, 0.6) is 0 Å². The lowest BCUT2D eigenvalue weighted by Crippen LogP contribution is -2.48. The molecular weight excluding hydrogens is 426 g/mol. The number of fused-ring (bicyclic) bond motifs is 2. The van der Waals surface area contributed by atoms with Gasteiger partial charge in [-0.25, -0.2) is 5.01 Å². The normalized spacial score (nSPS) is 14.7. The molecule has 2 aromatic rings. The van der Waals surface area contributed by atoms with E-state index in [-0.39, 0.29) is 24.9 Å². The zero-order chi connectivity index (χ0) is 24.1. The molecular formula is C27H37N5O2. The highest BCUT2D eigenvalue weighted by atomic mass is 16.2. The van der Waals surface area contributed by atoms with E-state index in [1.807, 2.05) is 30.1 Å². The van der Waals surface area contributed by atoms with Crippen molar-refractivity contribution in [2.75, 3.05) is 38.1 Å². The van der Waals surface area contributed by atoms with Crippen LogP contribution in [0.15, 0.2) is 42.5 Å². The molecule has 2 N–H and O–H groups in total. The Hall–Kier alpha value is -2.90. The molecule has 0 bridgehead atoms. The first-order valence-corrected chi connectivity index (χ1v) is 12.4. The number of aryl methyl sites for hydroxylation is 1. The fourth-order valence-corrected chi connectivity index (χ4v) is 4.86. The number of amides is 2. The van der Waals surface area contributed by atoms with Crippen molar-refractivity contribution in [3.8, 4) is 0 Å². The molecule has 0 spiro atoms. The molecule has 0 aromatic heterocycles. The summed E-state index contributed by atoms with van der Waals surface area (Å²) in [5.41, 5.74) is 6.14. The van der Waals surface area contributed by atoms with Crippen molar-refractivity contribution in [1.82, 2.24) is 20.7 Å². The third-order valence-corrected chi connectivity index (χ3v) is 6.73. The number of nitrogens with zero attached hydrogens (tertiary/aromatic N) is 3. The molecule has 0 unspecified atom stereocenters. The average Bonchev–Trinajstić information content (AvgIpc) is 3.47. The summed E-state index contributed by atoms with van der Waals surface area (Å²) in [5, 5.41) is 10.1. The van der Waals surface area contributed by atoms with E-state index >= 15 is 0 Å². The van der Waals surface area contributed by atoms with E-state index in [2.05, 4.69) is 53.8 Å². The van der Waals surface area contributed by atoms with Crippen LogP contribution in [0.25, 0.3) is 0 Å². The van der Waals surface area contributed by atoms with Crippen LogP contribution in [0.3, 0.4) is 0 Å². The van der Waals surface area contributed by atoms with Crippen LogP contribution in [0, 0.1) is 0 Å². The maximum absolute atomic E-state index is 13.4. The summed E-state index contributed by atoms with van der Waals surface area (Å²) < 4.78 is 0. The SMILES string of the molecule is CC(C)NCCNC(=O)CN(CC(=O)N(C)N1Cc2ccccc2C1)c1cccc2c1CCC2. The molecule has 7 nitrogen and oxygen atoms in total. The van der Waals surface area contributed by atoms with E-state index < -0.39 is 0 Å². The van der Waals surface area contributed by atoms with E-state index in [9.17, 15) is 9.59 Å². The number of carbonyl (C=O) groups excluding carboxylic acids is 2.